The Kier molecular flexibility index (Phi) is 6.04. The molecule has 0 atom stereocenters. The Labute approximate surface area is 167 Å². The van der Waals surface area contributed by atoms with Gasteiger partial charge in [-0.3, -0.25) is 4.79 Å². The summed E-state index contributed by atoms with van der Waals surface area (Å²) in [6, 6.07) is 11.5. The van der Waals surface area contributed by atoms with E-state index in [0.29, 0.717) is 17.7 Å². The predicted molar refractivity (Wildman–Crippen MR) is 104 cm³/mol. The van der Waals surface area contributed by atoms with Crippen molar-refractivity contribution in [1.82, 2.24) is 14.9 Å². The van der Waals surface area contributed by atoms with Crippen molar-refractivity contribution in [2.24, 2.45) is 0 Å². The first-order valence-corrected chi connectivity index (χ1v) is 10.2. The lowest BCUT2D eigenvalue weighted by Gasteiger charge is -2.18. The van der Waals surface area contributed by atoms with Crippen molar-refractivity contribution >= 4 is 21.6 Å². The van der Waals surface area contributed by atoms with Crippen molar-refractivity contribution in [2.45, 2.75) is 24.8 Å². The molecule has 0 saturated carbocycles. The molecule has 1 amide bonds. The highest BCUT2D eigenvalue weighted by Gasteiger charge is 2.19. The molecule has 3 rings (SSSR count). The molecule has 0 radical (unpaired) electrons. The van der Waals surface area contributed by atoms with Crippen LogP contribution < -0.4 is 9.62 Å². The molecule has 2 aromatic carbocycles. The first-order chi connectivity index (χ1) is 13.8. The van der Waals surface area contributed by atoms with Gasteiger partial charge in [-0.1, -0.05) is 24.2 Å². The van der Waals surface area contributed by atoms with E-state index < -0.39 is 15.8 Å². The number of nitrogens with one attached hydrogen (secondary N) is 1. The van der Waals surface area contributed by atoms with Gasteiger partial charge in [0, 0.05) is 13.5 Å². The van der Waals surface area contributed by atoms with Crippen LogP contribution in [0.15, 0.2) is 57.9 Å². The molecule has 0 aliphatic carbocycles. The van der Waals surface area contributed by atoms with E-state index in [4.69, 9.17) is 4.52 Å². The Morgan fingerprint density at radius 1 is 1.17 bits per heavy atom. The zero-order chi connectivity index (χ0) is 21.0. The first-order valence-electron chi connectivity index (χ1n) is 8.75. The number of amides is 1. The third kappa shape index (κ3) is 4.66. The average molecular weight is 418 g/mol. The fraction of sp³-hybridized carbons (Fsp3) is 0.211. The summed E-state index contributed by atoms with van der Waals surface area (Å²) in [5.41, 5.74) is 1.15. The second kappa shape index (κ2) is 8.50. The molecule has 29 heavy (non-hydrogen) atoms. The van der Waals surface area contributed by atoms with E-state index in [2.05, 4.69) is 14.9 Å². The minimum Gasteiger partial charge on any atom is -0.334 e. The lowest BCUT2D eigenvalue weighted by Crippen LogP contribution is -2.25. The van der Waals surface area contributed by atoms with Crippen LogP contribution in [0.1, 0.15) is 19.2 Å². The van der Waals surface area contributed by atoms with Gasteiger partial charge in [0.1, 0.15) is 5.82 Å². The number of para-hydroxylation sites is 1. The molecule has 10 heteroatoms. The Morgan fingerprint density at radius 2 is 1.86 bits per heavy atom. The van der Waals surface area contributed by atoms with Crippen LogP contribution in [-0.4, -0.2) is 31.5 Å². The van der Waals surface area contributed by atoms with Gasteiger partial charge in [-0.15, -0.1) is 0 Å². The highest BCUT2D eigenvalue weighted by molar-refractivity contribution is 7.89. The van der Waals surface area contributed by atoms with Crippen molar-refractivity contribution in [2.75, 3.05) is 11.9 Å². The van der Waals surface area contributed by atoms with Gasteiger partial charge in [0.15, 0.2) is 5.82 Å². The van der Waals surface area contributed by atoms with Crippen molar-refractivity contribution < 1.29 is 22.1 Å². The van der Waals surface area contributed by atoms with E-state index in [-0.39, 0.29) is 29.1 Å². The normalized spacial score (nSPS) is 11.4. The zero-order valence-corrected chi connectivity index (χ0v) is 16.6. The Bertz CT molecular complexity index is 1110. The van der Waals surface area contributed by atoms with Gasteiger partial charge in [-0.05, 0) is 36.4 Å². The summed E-state index contributed by atoms with van der Waals surface area (Å²) in [6.07, 6.45) is 0.338. The van der Waals surface area contributed by atoms with Crippen LogP contribution in [-0.2, 0) is 21.4 Å². The lowest BCUT2D eigenvalue weighted by molar-refractivity contribution is -0.118. The van der Waals surface area contributed by atoms with Crippen LogP contribution in [0.25, 0.3) is 11.5 Å². The number of carbonyl (C=O) groups is 1. The first kappa shape index (κ1) is 20.6. The molecule has 0 spiro atoms. The molecule has 0 aliphatic rings. The van der Waals surface area contributed by atoms with E-state index in [1.807, 2.05) is 0 Å². The van der Waals surface area contributed by atoms with Gasteiger partial charge >= 0.3 is 0 Å². The Balaban J connectivity index is 1.78. The summed E-state index contributed by atoms with van der Waals surface area (Å²) in [5, 5.41) is 3.79. The molecule has 0 saturated heterocycles. The van der Waals surface area contributed by atoms with Crippen molar-refractivity contribution in [3.8, 4) is 11.5 Å². The van der Waals surface area contributed by atoms with Crippen LogP contribution in [0.3, 0.4) is 0 Å². The molecule has 1 aromatic heterocycles. The average Bonchev–Trinajstić information content (AvgIpc) is 3.20. The molecule has 0 fully saturated rings. The molecule has 1 N–H and O–H groups in total. The maximum atomic E-state index is 13.0. The number of halogens is 1. The van der Waals surface area contributed by atoms with Gasteiger partial charge < -0.3 is 9.42 Å². The Morgan fingerprint density at radius 3 is 2.55 bits per heavy atom. The Hall–Kier alpha value is -3.11. The number of hydrogen-bond acceptors (Lipinski definition) is 6. The maximum Gasteiger partial charge on any atom is 0.260 e. The standard InChI is InChI=1S/C19H19FN4O4S/c1-3-18(25)24(2)16-7-5-4-6-15(16)19-22-17(23-28-19)12-21-29(26,27)14-10-8-13(20)9-11-14/h4-11,21H,3,12H2,1-2H3. The van der Waals surface area contributed by atoms with Crippen LogP contribution in [0.5, 0.6) is 0 Å². The number of nitrogens with zero attached hydrogens (tertiary/aromatic N) is 3. The summed E-state index contributed by atoms with van der Waals surface area (Å²) in [6.45, 7) is 1.55. The summed E-state index contributed by atoms with van der Waals surface area (Å²) in [7, 11) is -2.21. The topological polar surface area (TPSA) is 105 Å². The minimum atomic E-state index is -3.86. The van der Waals surface area contributed by atoms with Crippen LogP contribution >= 0.6 is 0 Å². The zero-order valence-electron chi connectivity index (χ0n) is 15.8. The molecule has 8 nitrogen and oxygen atoms in total. The smallest absolute Gasteiger partial charge is 0.260 e. The van der Waals surface area contributed by atoms with Crippen LogP contribution in [0.2, 0.25) is 0 Å². The van der Waals surface area contributed by atoms with Crippen LogP contribution in [0, 0.1) is 5.82 Å². The largest absolute Gasteiger partial charge is 0.334 e. The van der Waals surface area contributed by atoms with E-state index in [9.17, 15) is 17.6 Å². The van der Waals surface area contributed by atoms with Gasteiger partial charge in [0.2, 0.25) is 15.9 Å². The maximum absolute atomic E-state index is 13.0. The highest BCUT2D eigenvalue weighted by atomic mass is 32.2. The number of benzene rings is 2. The number of hydrogen-bond donors (Lipinski definition) is 1. The lowest BCUT2D eigenvalue weighted by atomic mass is 10.1. The van der Waals surface area contributed by atoms with Crippen LogP contribution in [0.4, 0.5) is 10.1 Å². The summed E-state index contributed by atoms with van der Waals surface area (Å²) >= 11 is 0. The molecule has 0 bridgehead atoms. The van der Waals surface area contributed by atoms with Crippen molar-refractivity contribution in [1.29, 1.82) is 0 Å². The third-order valence-electron chi connectivity index (χ3n) is 4.18. The van der Waals surface area contributed by atoms with Gasteiger partial charge in [0.25, 0.3) is 5.89 Å². The highest BCUT2D eigenvalue weighted by Crippen LogP contribution is 2.29. The molecule has 0 aliphatic heterocycles. The second-order valence-electron chi connectivity index (χ2n) is 6.12. The molecule has 3 aromatic rings. The van der Waals surface area contributed by atoms with E-state index in [0.717, 1.165) is 24.3 Å². The number of sulfonamides is 1. The monoisotopic (exact) mass is 418 g/mol. The minimum absolute atomic E-state index is 0.0762. The van der Waals surface area contributed by atoms with E-state index in [1.165, 1.54) is 4.90 Å². The fourth-order valence-corrected chi connectivity index (χ4v) is 3.59. The number of aromatic nitrogens is 2. The summed E-state index contributed by atoms with van der Waals surface area (Å²) in [5.74, 6) is -0.335. The van der Waals surface area contributed by atoms with Crippen molar-refractivity contribution in [3.05, 3.63) is 60.2 Å². The van der Waals surface area contributed by atoms with E-state index >= 15 is 0 Å². The quantitative estimate of drug-likeness (QED) is 0.633. The number of carbonyl (C=O) groups excluding carboxylic acids is 1. The predicted octanol–water partition coefficient (Wildman–Crippen LogP) is 2.73. The van der Waals surface area contributed by atoms with Gasteiger partial charge in [-0.2, -0.15) is 4.98 Å². The summed E-state index contributed by atoms with van der Waals surface area (Å²) < 4.78 is 45.1. The molecular weight excluding hydrogens is 399 g/mol. The second-order valence-corrected chi connectivity index (χ2v) is 7.88. The fourth-order valence-electron chi connectivity index (χ4n) is 2.61. The van der Waals surface area contributed by atoms with Crippen molar-refractivity contribution in [3.63, 3.8) is 0 Å². The van der Waals surface area contributed by atoms with E-state index in [1.54, 1.807) is 38.2 Å². The molecule has 0 unspecified atom stereocenters. The summed E-state index contributed by atoms with van der Waals surface area (Å²) in [4.78, 5) is 17.7. The SMILES string of the molecule is CCC(=O)N(C)c1ccccc1-c1nc(CNS(=O)(=O)c2ccc(F)cc2)no1. The number of anilines is 1. The number of rotatable bonds is 7. The molecule has 1 heterocycles. The molecule has 152 valence electrons. The van der Waals surface area contributed by atoms with Gasteiger partial charge in [-0.25, -0.2) is 17.5 Å². The third-order valence-corrected chi connectivity index (χ3v) is 5.60. The van der Waals surface area contributed by atoms with Gasteiger partial charge in [0.05, 0.1) is 22.7 Å². The molecular formula is C19H19FN4O4S.